The lowest BCUT2D eigenvalue weighted by atomic mass is 10.00. The van der Waals surface area contributed by atoms with Crippen LogP contribution < -0.4 is 5.73 Å². The van der Waals surface area contributed by atoms with Gasteiger partial charge in [-0.2, -0.15) is 0 Å². The quantitative estimate of drug-likeness (QED) is 0.765. The number of carbonyl (C=O) groups excluding carboxylic acids is 2. The summed E-state index contributed by atoms with van der Waals surface area (Å²) in [4.78, 5) is 34.7. The molecule has 1 aromatic rings. The average molecular weight is 264 g/mol. The second-order valence-electron chi connectivity index (χ2n) is 4.19. The van der Waals surface area contributed by atoms with Gasteiger partial charge in [-0.3, -0.25) is 14.4 Å². The predicted molar refractivity (Wildman–Crippen MR) is 68.3 cm³/mol. The first-order chi connectivity index (χ1) is 8.91. The van der Waals surface area contributed by atoms with E-state index in [1.54, 1.807) is 31.2 Å². The third-order valence-corrected chi connectivity index (χ3v) is 2.65. The summed E-state index contributed by atoms with van der Waals surface area (Å²) in [5, 5.41) is 8.75. The number of amides is 2. The molecule has 0 aliphatic carbocycles. The summed E-state index contributed by atoms with van der Waals surface area (Å²) in [6.07, 6.45) is 0. The van der Waals surface area contributed by atoms with Crippen LogP contribution in [0.5, 0.6) is 0 Å². The van der Waals surface area contributed by atoms with Crippen LogP contribution in [-0.2, 0) is 14.4 Å². The summed E-state index contributed by atoms with van der Waals surface area (Å²) in [5.74, 6) is -2.89. The van der Waals surface area contributed by atoms with Crippen molar-refractivity contribution >= 4 is 17.8 Å². The van der Waals surface area contributed by atoms with Crippen LogP contribution >= 0.6 is 0 Å². The molecule has 0 aliphatic rings. The molecule has 0 heterocycles. The first-order valence-electron chi connectivity index (χ1n) is 5.75. The van der Waals surface area contributed by atoms with E-state index in [-0.39, 0.29) is 0 Å². The lowest BCUT2D eigenvalue weighted by Gasteiger charge is -2.23. The van der Waals surface area contributed by atoms with Crippen molar-refractivity contribution in [3.8, 4) is 0 Å². The van der Waals surface area contributed by atoms with Gasteiger partial charge in [-0.25, -0.2) is 0 Å². The number of nitrogens with two attached hydrogens (primary N) is 1. The summed E-state index contributed by atoms with van der Waals surface area (Å²) in [6.45, 7) is 0.717. The molecular formula is C13H16N2O4. The minimum Gasteiger partial charge on any atom is -0.480 e. The number of carboxylic acids is 1. The number of aliphatic carboxylic acids is 1. The van der Waals surface area contributed by atoms with Crippen LogP contribution in [0.1, 0.15) is 18.4 Å². The molecule has 0 aliphatic heterocycles. The van der Waals surface area contributed by atoms with Crippen molar-refractivity contribution < 1.29 is 19.5 Å². The Morgan fingerprint density at radius 3 is 2.26 bits per heavy atom. The molecule has 1 unspecified atom stereocenters. The highest BCUT2D eigenvalue weighted by Crippen LogP contribution is 2.17. The van der Waals surface area contributed by atoms with Crippen molar-refractivity contribution in [1.82, 2.24) is 4.90 Å². The fraction of sp³-hybridized carbons (Fsp3) is 0.308. The second kappa shape index (κ2) is 6.53. The number of benzene rings is 1. The molecule has 0 bridgehead atoms. The van der Waals surface area contributed by atoms with E-state index in [2.05, 4.69) is 0 Å². The smallest absolute Gasteiger partial charge is 0.323 e. The van der Waals surface area contributed by atoms with E-state index in [0.717, 1.165) is 10.5 Å². The van der Waals surface area contributed by atoms with Gasteiger partial charge in [0.15, 0.2) is 0 Å². The van der Waals surface area contributed by atoms with Gasteiger partial charge in [0.2, 0.25) is 11.8 Å². The normalized spacial score (nSPS) is 11.6. The van der Waals surface area contributed by atoms with Crippen molar-refractivity contribution in [2.24, 2.45) is 5.73 Å². The van der Waals surface area contributed by atoms with E-state index in [9.17, 15) is 14.4 Å². The molecule has 0 saturated heterocycles. The lowest BCUT2D eigenvalue weighted by molar-refractivity contribution is -0.146. The van der Waals surface area contributed by atoms with Crippen LogP contribution in [0.2, 0.25) is 0 Å². The molecule has 1 aromatic carbocycles. The van der Waals surface area contributed by atoms with Gasteiger partial charge < -0.3 is 15.7 Å². The van der Waals surface area contributed by atoms with Gasteiger partial charge in [-0.05, 0) is 12.5 Å². The van der Waals surface area contributed by atoms with Gasteiger partial charge >= 0.3 is 5.97 Å². The molecule has 1 atom stereocenters. The Morgan fingerprint density at radius 1 is 1.21 bits per heavy atom. The Hall–Kier alpha value is -2.37. The van der Waals surface area contributed by atoms with Gasteiger partial charge in [0.1, 0.15) is 6.54 Å². The number of nitrogens with zero attached hydrogens (tertiary/aromatic N) is 1. The Balaban J connectivity index is 2.86. The standard InChI is InChI=1S/C13H16N2O4/c1-9(10-5-3-2-4-6-10)13(19)15(7-11(14)16)8-12(17)18/h2-6,9H,7-8H2,1H3,(H2,14,16)(H,17,18). The summed E-state index contributed by atoms with van der Waals surface area (Å²) in [5.41, 5.74) is 5.78. The second-order valence-corrected chi connectivity index (χ2v) is 4.19. The molecule has 6 heteroatoms. The molecular weight excluding hydrogens is 248 g/mol. The van der Waals surface area contributed by atoms with E-state index < -0.39 is 36.8 Å². The van der Waals surface area contributed by atoms with Gasteiger partial charge in [0.05, 0.1) is 12.5 Å². The van der Waals surface area contributed by atoms with E-state index in [0.29, 0.717) is 0 Å². The van der Waals surface area contributed by atoms with E-state index in [4.69, 9.17) is 10.8 Å². The molecule has 0 saturated carbocycles. The first kappa shape index (κ1) is 14.7. The molecule has 102 valence electrons. The Bertz CT molecular complexity index is 457. The van der Waals surface area contributed by atoms with Crippen LogP contribution in [0, 0.1) is 0 Å². The summed E-state index contributed by atoms with van der Waals surface area (Å²) in [7, 11) is 0. The Labute approximate surface area is 110 Å². The summed E-state index contributed by atoms with van der Waals surface area (Å²) in [6, 6.07) is 8.93. The molecule has 0 aromatic heterocycles. The fourth-order valence-corrected chi connectivity index (χ4v) is 1.72. The van der Waals surface area contributed by atoms with Crippen molar-refractivity contribution in [2.45, 2.75) is 12.8 Å². The lowest BCUT2D eigenvalue weighted by Crippen LogP contribution is -2.43. The molecule has 19 heavy (non-hydrogen) atoms. The number of carboxylic acid groups (broad SMARTS) is 1. The maximum atomic E-state index is 12.2. The highest BCUT2D eigenvalue weighted by molar-refractivity contribution is 5.90. The number of hydrogen-bond acceptors (Lipinski definition) is 3. The zero-order valence-corrected chi connectivity index (χ0v) is 10.6. The van der Waals surface area contributed by atoms with Crippen molar-refractivity contribution in [3.63, 3.8) is 0 Å². The Kier molecular flexibility index (Phi) is 5.05. The van der Waals surface area contributed by atoms with Gasteiger partial charge in [0.25, 0.3) is 0 Å². The summed E-state index contributed by atoms with van der Waals surface area (Å²) >= 11 is 0. The third-order valence-electron chi connectivity index (χ3n) is 2.65. The molecule has 6 nitrogen and oxygen atoms in total. The van der Waals surface area contributed by atoms with Crippen LogP contribution in [-0.4, -0.2) is 40.9 Å². The maximum Gasteiger partial charge on any atom is 0.323 e. The molecule has 0 spiro atoms. The Morgan fingerprint density at radius 2 is 1.79 bits per heavy atom. The van der Waals surface area contributed by atoms with Gasteiger partial charge in [-0.1, -0.05) is 30.3 Å². The highest BCUT2D eigenvalue weighted by atomic mass is 16.4. The van der Waals surface area contributed by atoms with E-state index in [1.165, 1.54) is 0 Å². The van der Waals surface area contributed by atoms with Crippen molar-refractivity contribution in [3.05, 3.63) is 35.9 Å². The largest absolute Gasteiger partial charge is 0.480 e. The first-order valence-corrected chi connectivity index (χ1v) is 5.75. The monoisotopic (exact) mass is 264 g/mol. The fourth-order valence-electron chi connectivity index (χ4n) is 1.72. The summed E-state index contributed by atoms with van der Waals surface area (Å²) < 4.78 is 0. The van der Waals surface area contributed by atoms with Crippen molar-refractivity contribution in [2.75, 3.05) is 13.1 Å². The van der Waals surface area contributed by atoms with Crippen LogP contribution in [0.3, 0.4) is 0 Å². The number of carbonyl (C=O) groups is 3. The SMILES string of the molecule is CC(C(=O)N(CC(N)=O)CC(=O)O)c1ccccc1. The topological polar surface area (TPSA) is 101 Å². The molecule has 3 N–H and O–H groups in total. The zero-order valence-electron chi connectivity index (χ0n) is 10.6. The third kappa shape index (κ3) is 4.42. The van der Waals surface area contributed by atoms with Crippen LogP contribution in [0.4, 0.5) is 0 Å². The molecule has 2 amide bonds. The molecule has 0 radical (unpaired) electrons. The highest BCUT2D eigenvalue weighted by Gasteiger charge is 2.24. The van der Waals surface area contributed by atoms with Crippen molar-refractivity contribution in [1.29, 1.82) is 0 Å². The zero-order chi connectivity index (χ0) is 14.4. The maximum absolute atomic E-state index is 12.2. The van der Waals surface area contributed by atoms with Gasteiger partial charge in [-0.15, -0.1) is 0 Å². The molecule has 1 rings (SSSR count). The predicted octanol–water partition coefficient (Wildman–Crippen LogP) is 0.189. The van der Waals surface area contributed by atoms with E-state index >= 15 is 0 Å². The minimum absolute atomic E-state index is 0.400. The molecule has 0 fully saturated rings. The van der Waals surface area contributed by atoms with E-state index in [1.807, 2.05) is 6.07 Å². The minimum atomic E-state index is -1.19. The van der Waals surface area contributed by atoms with Gasteiger partial charge in [0, 0.05) is 0 Å². The number of hydrogen-bond donors (Lipinski definition) is 2. The number of primary amides is 1. The van der Waals surface area contributed by atoms with Crippen LogP contribution in [0.25, 0.3) is 0 Å². The van der Waals surface area contributed by atoms with Crippen LogP contribution in [0.15, 0.2) is 30.3 Å². The average Bonchev–Trinajstić information content (AvgIpc) is 2.36. The number of rotatable bonds is 6.